The van der Waals surface area contributed by atoms with E-state index in [1.807, 2.05) is 46.2 Å². The van der Waals surface area contributed by atoms with Gasteiger partial charge in [-0.05, 0) is 82.2 Å². The van der Waals surface area contributed by atoms with Crippen LogP contribution >= 0.6 is 39.1 Å². The molecule has 2 aliphatic heterocycles. The maximum Gasteiger partial charge on any atom is 0.252 e. The number of ether oxygens (including phenoxy) is 2. The van der Waals surface area contributed by atoms with Crippen LogP contribution in [0.15, 0.2) is 70.7 Å². The predicted octanol–water partition coefficient (Wildman–Crippen LogP) is 6.89. The molecule has 236 valence electrons. The van der Waals surface area contributed by atoms with E-state index in [4.69, 9.17) is 32.7 Å². The summed E-state index contributed by atoms with van der Waals surface area (Å²) in [4.78, 5) is 30.7. The van der Waals surface area contributed by atoms with E-state index in [1.165, 1.54) is 12.1 Å². The second kappa shape index (κ2) is 13.7. The molecule has 7 nitrogen and oxygen atoms in total. The molecule has 1 N–H and O–H groups in total. The quantitative estimate of drug-likeness (QED) is 0.232. The summed E-state index contributed by atoms with van der Waals surface area (Å²) in [6.07, 6.45) is 2.46. The van der Waals surface area contributed by atoms with Crippen molar-refractivity contribution in [3.05, 3.63) is 97.7 Å². The highest BCUT2D eigenvalue weighted by Crippen LogP contribution is 2.38. The Kier molecular flexibility index (Phi) is 9.71. The monoisotopic (exact) mass is 715 g/mol. The number of piperazine rings is 1. The largest absolute Gasteiger partial charge is 0.490 e. The fourth-order valence-corrected chi connectivity index (χ4v) is 6.78. The highest BCUT2D eigenvalue weighted by Gasteiger charge is 2.43. The Hall–Kier alpha value is -3.11. The lowest BCUT2D eigenvalue weighted by atomic mass is 9.82. The normalized spacial score (nSPS) is 19.4. The minimum Gasteiger partial charge on any atom is -0.490 e. The molecule has 2 bridgehead atoms. The second-order valence-corrected chi connectivity index (χ2v) is 13.2. The molecule has 2 unspecified atom stereocenters. The first-order valence-electron chi connectivity index (χ1n) is 15.0. The van der Waals surface area contributed by atoms with E-state index in [1.54, 1.807) is 19.1 Å². The van der Waals surface area contributed by atoms with Gasteiger partial charge in [0.2, 0.25) is 5.91 Å². The third kappa shape index (κ3) is 7.32. The lowest BCUT2D eigenvalue weighted by Gasteiger charge is -2.44. The molecular weight excluding hydrogens is 684 g/mol. The fraction of sp³-hybridized carbons (Fsp3) is 0.353. The zero-order valence-electron chi connectivity index (χ0n) is 24.7. The zero-order valence-corrected chi connectivity index (χ0v) is 27.8. The molecule has 3 aromatic rings. The number of rotatable bonds is 10. The zero-order chi connectivity index (χ0) is 31.7. The summed E-state index contributed by atoms with van der Waals surface area (Å²) in [5, 5.41) is 4.54. The molecule has 3 aliphatic rings. The van der Waals surface area contributed by atoms with E-state index in [0.29, 0.717) is 57.6 Å². The summed E-state index contributed by atoms with van der Waals surface area (Å²) in [6.45, 7) is 3.45. The lowest BCUT2D eigenvalue weighted by molar-refractivity contribution is -0.132. The summed E-state index contributed by atoms with van der Waals surface area (Å²) in [7, 11) is 0. The van der Waals surface area contributed by atoms with Crippen molar-refractivity contribution in [1.82, 2.24) is 15.1 Å². The van der Waals surface area contributed by atoms with Gasteiger partial charge in [0.15, 0.2) is 0 Å². The molecule has 0 aromatic heterocycles. The number of carbonyl (C=O) groups is 2. The summed E-state index contributed by atoms with van der Waals surface area (Å²) in [6, 6.07) is 17.3. The van der Waals surface area contributed by atoms with E-state index < -0.39 is 0 Å². The molecule has 1 saturated heterocycles. The van der Waals surface area contributed by atoms with Crippen LogP contribution in [0.4, 0.5) is 4.39 Å². The van der Waals surface area contributed by atoms with Crippen LogP contribution in [0.3, 0.4) is 0 Å². The fourth-order valence-electron chi connectivity index (χ4n) is 6.04. The molecule has 2 heterocycles. The Bertz CT molecular complexity index is 1630. The molecule has 1 saturated carbocycles. The van der Waals surface area contributed by atoms with Crippen LogP contribution in [0.2, 0.25) is 10.0 Å². The summed E-state index contributed by atoms with van der Waals surface area (Å²) < 4.78 is 25.8. The van der Waals surface area contributed by atoms with Gasteiger partial charge in [0.05, 0.1) is 20.6 Å². The lowest BCUT2D eigenvalue weighted by Crippen LogP contribution is -2.61. The molecule has 45 heavy (non-hydrogen) atoms. The first kappa shape index (κ1) is 31.9. The van der Waals surface area contributed by atoms with Gasteiger partial charge in [-0.15, -0.1) is 0 Å². The van der Waals surface area contributed by atoms with E-state index in [2.05, 4.69) is 21.2 Å². The Morgan fingerprint density at radius 1 is 1.04 bits per heavy atom. The van der Waals surface area contributed by atoms with Crippen molar-refractivity contribution in [3.8, 4) is 11.5 Å². The third-order valence-electron chi connectivity index (χ3n) is 8.41. The number of halogens is 4. The van der Waals surface area contributed by atoms with Gasteiger partial charge in [-0.25, -0.2) is 4.39 Å². The third-order valence-corrected chi connectivity index (χ3v) is 9.92. The van der Waals surface area contributed by atoms with Crippen LogP contribution in [0.25, 0.3) is 5.57 Å². The van der Waals surface area contributed by atoms with Crippen molar-refractivity contribution in [2.45, 2.75) is 50.9 Å². The smallest absolute Gasteiger partial charge is 0.252 e. The average Bonchev–Trinajstić information content (AvgIpc) is 3.87. The van der Waals surface area contributed by atoms with Crippen LogP contribution < -0.4 is 14.8 Å². The minimum absolute atomic E-state index is 0.00162. The number of hydrogen-bond acceptors (Lipinski definition) is 5. The summed E-state index contributed by atoms with van der Waals surface area (Å²) in [5.41, 5.74) is 3.41. The van der Waals surface area contributed by atoms with Gasteiger partial charge in [0.1, 0.15) is 30.5 Å². The Balaban J connectivity index is 1.24. The second-order valence-electron chi connectivity index (χ2n) is 11.6. The Labute approximate surface area is 280 Å². The SMILES string of the molecule is CC(=O)N1CC2CC(c3ccc(OCCOc4cc(F)ccc4Br)cc3)=C(C(=O)N(Cc3cccc(Cl)c3Cl)C3CC3)C(C1)N2. The van der Waals surface area contributed by atoms with Gasteiger partial charge in [-0.1, -0.05) is 47.5 Å². The van der Waals surface area contributed by atoms with Crippen LogP contribution in [-0.2, 0) is 16.1 Å². The number of benzene rings is 3. The van der Waals surface area contributed by atoms with Crippen molar-refractivity contribution < 1.29 is 23.5 Å². The van der Waals surface area contributed by atoms with Gasteiger partial charge < -0.3 is 24.6 Å². The van der Waals surface area contributed by atoms with E-state index >= 15 is 0 Å². The topological polar surface area (TPSA) is 71.1 Å². The summed E-state index contributed by atoms with van der Waals surface area (Å²) >= 11 is 16.2. The van der Waals surface area contributed by atoms with Crippen molar-refractivity contribution in [2.75, 3.05) is 26.3 Å². The number of nitrogens with one attached hydrogen (secondary N) is 1. The van der Waals surface area contributed by atoms with E-state index in [0.717, 1.165) is 29.5 Å². The molecule has 2 fully saturated rings. The van der Waals surface area contributed by atoms with Gasteiger partial charge >= 0.3 is 0 Å². The minimum atomic E-state index is -0.374. The first-order chi connectivity index (χ1) is 21.7. The molecule has 0 radical (unpaired) electrons. The number of hydrogen-bond donors (Lipinski definition) is 1. The highest BCUT2D eigenvalue weighted by molar-refractivity contribution is 9.10. The number of carbonyl (C=O) groups excluding carboxylic acids is 2. The van der Waals surface area contributed by atoms with Crippen LogP contribution in [0, 0.1) is 5.82 Å². The summed E-state index contributed by atoms with van der Waals surface area (Å²) in [5.74, 6) is 0.644. The number of amides is 2. The van der Waals surface area contributed by atoms with Gasteiger partial charge in [-0.2, -0.15) is 0 Å². The molecule has 1 aliphatic carbocycles. The molecule has 2 amide bonds. The highest BCUT2D eigenvalue weighted by atomic mass is 79.9. The molecule has 6 rings (SSSR count). The van der Waals surface area contributed by atoms with Crippen LogP contribution in [0.1, 0.15) is 37.3 Å². The van der Waals surface area contributed by atoms with Crippen molar-refractivity contribution in [1.29, 1.82) is 0 Å². The standard InChI is InChI=1S/C34H33BrCl2FN3O4/c1-20(42)40-18-24-16-27(21-5-10-26(11-6-21)44-13-14-45-31-15-23(38)7-12-28(31)35)32(30(19-40)39-24)34(43)41(25-8-9-25)17-22-3-2-4-29(36)33(22)37/h2-7,10-12,15,24-25,30,39H,8-9,13-14,16-19H2,1H3. The first-order valence-corrected chi connectivity index (χ1v) is 16.5. The van der Waals surface area contributed by atoms with Gasteiger partial charge in [0.25, 0.3) is 5.91 Å². The van der Waals surface area contributed by atoms with Crippen LogP contribution in [0.5, 0.6) is 11.5 Å². The van der Waals surface area contributed by atoms with E-state index in [-0.39, 0.29) is 49.0 Å². The average molecular weight is 717 g/mol. The maximum absolute atomic E-state index is 14.5. The predicted molar refractivity (Wildman–Crippen MR) is 176 cm³/mol. The maximum atomic E-state index is 14.5. The molecule has 3 aromatic carbocycles. The Morgan fingerprint density at radius 3 is 2.53 bits per heavy atom. The molecule has 0 spiro atoms. The Morgan fingerprint density at radius 2 is 1.80 bits per heavy atom. The van der Waals surface area contributed by atoms with Gasteiger partial charge in [0, 0.05) is 50.3 Å². The number of nitrogens with zero attached hydrogens (tertiary/aromatic N) is 2. The van der Waals surface area contributed by atoms with Crippen molar-refractivity contribution in [2.24, 2.45) is 0 Å². The number of fused-ring (bicyclic) bond motifs is 2. The van der Waals surface area contributed by atoms with E-state index in [9.17, 15) is 14.0 Å². The molecular formula is C34H33BrCl2FN3O4. The van der Waals surface area contributed by atoms with Gasteiger partial charge in [-0.3, -0.25) is 9.59 Å². The van der Waals surface area contributed by atoms with Crippen molar-refractivity contribution in [3.63, 3.8) is 0 Å². The molecule has 2 atom stereocenters. The molecule has 11 heteroatoms. The van der Waals surface area contributed by atoms with Crippen LogP contribution in [-0.4, -0.2) is 66.0 Å². The van der Waals surface area contributed by atoms with Crippen molar-refractivity contribution >= 4 is 56.5 Å².